The maximum atomic E-state index is 13.0. The van der Waals surface area contributed by atoms with E-state index in [-0.39, 0.29) is 18.2 Å². The number of thiophene rings is 1. The number of hydrogen-bond acceptors (Lipinski definition) is 5. The summed E-state index contributed by atoms with van der Waals surface area (Å²) < 4.78 is 0. The number of anilines is 1. The van der Waals surface area contributed by atoms with E-state index in [2.05, 4.69) is 4.99 Å². The van der Waals surface area contributed by atoms with Crippen LogP contribution in [0.3, 0.4) is 0 Å². The first kappa shape index (κ1) is 18.3. The molecule has 2 N–H and O–H groups in total. The van der Waals surface area contributed by atoms with Gasteiger partial charge in [-0.2, -0.15) is 0 Å². The van der Waals surface area contributed by atoms with Crippen LogP contribution in [0, 0.1) is 6.92 Å². The second-order valence-corrected chi connectivity index (χ2v) is 7.50. The first-order valence-corrected chi connectivity index (χ1v) is 9.81. The summed E-state index contributed by atoms with van der Waals surface area (Å²) in [5.74, 6) is -0.494. The highest BCUT2D eigenvalue weighted by Gasteiger charge is 2.31. The molecule has 0 fully saturated rings. The first-order chi connectivity index (χ1) is 13.6. The van der Waals surface area contributed by atoms with Crippen LogP contribution in [0.1, 0.15) is 26.4 Å². The van der Waals surface area contributed by atoms with E-state index >= 15 is 0 Å². The monoisotopic (exact) mass is 389 g/mol. The molecule has 3 aromatic rings. The molecule has 6 heteroatoms. The Kier molecular flexibility index (Phi) is 4.90. The lowest BCUT2D eigenvalue weighted by molar-refractivity contribution is -0.119. The number of para-hydroxylation sites is 1. The summed E-state index contributed by atoms with van der Waals surface area (Å²) in [5, 5.41) is 1.88. The Morgan fingerprint density at radius 3 is 2.54 bits per heavy atom. The zero-order chi connectivity index (χ0) is 19.7. The third-order valence-corrected chi connectivity index (χ3v) is 5.76. The summed E-state index contributed by atoms with van der Waals surface area (Å²) in [6, 6.07) is 19.0. The Bertz CT molecular complexity index is 1070. The zero-order valence-electron chi connectivity index (χ0n) is 15.3. The minimum absolute atomic E-state index is 0.0670. The van der Waals surface area contributed by atoms with Crippen LogP contribution in [0.4, 0.5) is 5.69 Å². The van der Waals surface area contributed by atoms with Crippen LogP contribution < -0.4 is 10.6 Å². The van der Waals surface area contributed by atoms with Crippen LogP contribution in [0.25, 0.3) is 0 Å². The van der Waals surface area contributed by atoms with Crippen LogP contribution >= 0.6 is 11.3 Å². The molecule has 0 saturated carbocycles. The minimum Gasteiger partial charge on any atom is -0.302 e. The van der Waals surface area contributed by atoms with Gasteiger partial charge in [-0.1, -0.05) is 48.5 Å². The second kappa shape index (κ2) is 7.50. The number of benzodiazepines with no additional fused rings is 1. The van der Waals surface area contributed by atoms with Gasteiger partial charge >= 0.3 is 0 Å². The summed E-state index contributed by atoms with van der Waals surface area (Å²) in [6.45, 7) is 1.83. The lowest BCUT2D eigenvalue weighted by Crippen LogP contribution is -2.44. The van der Waals surface area contributed by atoms with Gasteiger partial charge in [0.1, 0.15) is 0 Å². The second-order valence-electron chi connectivity index (χ2n) is 6.59. The topological polar surface area (TPSA) is 75.8 Å². The average Bonchev–Trinajstić information content (AvgIpc) is 3.12. The third kappa shape index (κ3) is 3.28. The highest BCUT2D eigenvalue weighted by Crippen LogP contribution is 2.28. The summed E-state index contributed by atoms with van der Waals surface area (Å²) in [6.07, 6.45) is -1.07. The lowest BCUT2D eigenvalue weighted by atomic mass is 10.00. The quantitative estimate of drug-likeness (QED) is 0.695. The Balaban J connectivity index is 1.79. The molecule has 140 valence electrons. The van der Waals surface area contributed by atoms with E-state index in [0.717, 1.165) is 16.7 Å². The summed E-state index contributed by atoms with van der Waals surface area (Å²) in [7, 11) is 0. The number of aliphatic imine (C=N–C) groups is 1. The van der Waals surface area contributed by atoms with Crippen molar-refractivity contribution < 1.29 is 9.59 Å². The van der Waals surface area contributed by atoms with Gasteiger partial charge in [-0.05, 0) is 30.0 Å². The maximum Gasteiger partial charge on any atom is 0.266 e. The van der Waals surface area contributed by atoms with Crippen LogP contribution in [0.5, 0.6) is 0 Å². The van der Waals surface area contributed by atoms with Gasteiger partial charge in [0.15, 0.2) is 11.9 Å². The third-order valence-electron chi connectivity index (χ3n) is 4.70. The van der Waals surface area contributed by atoms with Crippen molar-refractivity contribution in [1.29, 1.82) is 0 Å². The molecule has 1 amide bonds. The summed E-state index contributed by atoms with van der Waals surface area (Å²) in [5.41, 5.74) is 9.98. The van der Waals surface area contributed by atoms with Gasteiger partial charge in [0.2, 0.25) is 0 Å². The van der Waals surface area contributed by atoms with Crippen LogP contribution in [0.15, 0.2) is 71.0 Å². The molecule has 1 aliphatic rings. The molecule has 1 atom stereocenters. The molecule has 2 aromatic carbocycles. The van der Waals surface area contributed by atoms with Crippen molar-refractivity contribution >= 4 is 34.4 Å². The number of rotatable bonds is 4. The SMILES string of the molecule is Cc1ccsc1C(=O)CN1C(=O)[C@@H](N)N=C(c2ccccc2)c2ccccc21. The molecule has 4 rings (SSSR count). The number of nitrogens with zero attached hydrogens (tertiary/aromatic N) is 2. The number of carbonyl (C=O) groups is 2. The first-order valence-electron chi connectivity index (χ1n) is 8.93. The van der Waals surface area contributed by atoms with Crippen LogP contribution in [-0.2, 0) is 4.79 Å². The Hall–Kier alpha value is -3.09. The molecule has 1 aromatic heterocycles. The Labute approximate surface area is 167 Å². The lowest BCUT2D eigenvalue weighted by Gasteiger charge is -2.23. The van der Waals surface area contributed by atoms with Gasteiger partial charge in [0.05, 0.1) is 22.8 Å². The molecule has 2 heterocycles. The van der Waals surface area contributed by atoms with Gasteiger partial charge in [-0.25, -0.2) is 0 Å². The maximum absolute atomic E-state index is 13.0. The van der Waals surface area contributed by atoms with Gasteiger partial charge in [-0.15, -0.1) is 11.3 Å². The molecule has 1 aliphatic heterocycles. The number of fused-ring (bicyclic) bond motifs is 1. The van der Waals surface area contributed by atoms with Crippen molar-refractivity contribution in [2.45, 2.75) is 13.1 Å². The van der Waals surface area contributed by atoms with E-state index in [9.17, 15) is 9.59 Å². The van der Waals surface area contributed by atoms with Gasteiger partial charge in [0, 0.05) is 11.1 Å². The predicted octanol–water partition coefficient (Wildman–Crippen LogP) is 3.41. The van der Waals surface area contributed by atoms with E-state index in [1.807, 2.05) is 73.0 Å². The van der Waals surface area contributed by atoms with Gasteiger partial charge in [-0.3, -0.25) is 14.6 Å². The highest BCUT2D eigenvalue weighted by atomic mass is 32.1. The fraction of sp³-hybridized carbons (Fsp3) is 0.136. The highest BCUT2D eigenvalue weighted by molar-refractivity contribution is 7.12. The van der Waals surface area contributed by atoms with Crippen LogP contribution in [-0.4, -0.2) is 30.1 Å². The number of amides is 1. The van der Waals surface area contributed by atoms with Crippen molar-refractivity contribution in [3.8, 4) is 0 Å². The Morgan fingerprint density at radius 2 is 1.82 bits per heavy atom. The van der Waals surface area contributed by atoms with Crippen molar-refractivity contribution in [3.05, 3.63) is 87.6 Å². The smallest absolute Gasteiger partial charge is 0.266 e. The number of nitrogens with two attached hydrogens (primary N) is 1. The normalized spacial score (nSPS) is 16.4. The summed E-state index contributed by atoms with van der Waals surface area (Å²) >= 11 is 1.38. The molecule has 28 heavy (non-hydrogen) atoms. The van der Waals surface area contributed by atoms with Gasteiger partial charge < -0.3 is 10.6 Å². The molecule has 0 unspecified atom stereocenters. The van der Waals surface area contributed by atoms with E-state index < -0.39 is 6.17 Å². The Morgan fingerprint density at radius 1 is 1.11 bits per heavy atom. The largest absolute Gasteiger partial charge is 0.302 e. The number of aryl methyl sites for hydroxylation is 1. The minimum atomic E-state index is -1.07. The molecular weight excluding hydrogens is 370 g/mol. The summed E-state index contributed by atoms with van der Waals surface area (Å²) in [4.78, 5) is 32.5. The van der Waals surface area contributed by atoms with Crippen molar-refractivity contribution in [1.82, 2.24) is 0 Å². The molecule has 0 radical (unpaired) electrons. The average molecular weight is 389 g/mol. The predicted molar refractivity (Wildman–Crippen MR) is 112 cm³/mol. The van der Waals surface area contributed by atoms with E-state index in [4.69, 9.17) is 5.73 Å². The molecular formula is C22H19N3O2S. The van der Waals surface area contributed by atoms with Crippen molar-refractivity contribution in [3.63, 3.8) is 0 Å². The fourth-order valence-corrected chi connectivity index (χ4v) is 4.17. The number of carbonyl (C=O) groups excluding carboxylic acids is 2. The number of Topliss-reactive ketones (excluding diaryl/α,β-unsaturated/α-hetero) is 1. The molecule has 0 spiro atoms. The number of hydrogen-bond donors (Lipinski definition) is 1. The molecule has 0 bridgehead atoms. The van der Waals surface area contributed by atoms with Crippen molar-refractivity contribution in [2.24, 2.45) is 10.7 Å². The number of benzene rings is 2. The van der Waals surface area contributed by atoms with E-state index in [1.165, 1.54) is 16.2 Å². The molecule has 0 saturated heterocycles. The molecule has 0 aliphatic carbocycles. The van der Waals surface area contributed by atoms with E-state index in [0.29, 0.717) is 16.3 Å². The van der Waals surface area contributed by atoms with Crippen molar-refractivity contribution in [2.75, 3.05) is 11.4 Å². The fourth-order valence-electron chi connectivity index (χ4n) is 3.31. The number of ketones is 1. The van der Waals surface area contributed by atoms with Gasteiger partial charge in [0.25, 0.3) is 5.91 Å². The standard InChI is InChI=1S/C22H19N3O2S/c1-14-11-12-28-20(14)18(26)13-25-17-10-6-5-9-16(17)19(24-21(23)22(25)27)15-7-3-2-4-8-15/h2-12,21H,13,23H2,1H3/t21-/m0/s1. The molecule has 5 nitrogen and oxygen atoms in total. The van der Waals surface area contributed by atoms with Crippen LogP contribution in [0.2, 0.25) is 0 Å². The zero-order valence-corrected chi connectivity index (χ0v) is 16.1. The van der Waals surface area contributed by atoms with E-state index in [1.54, 1.807) is 0 Å².